The fourth-order valence-electron chi connectivity index (χ4n) is 2.09. The largest absolute Gasteiger partial charge is 0.484 e. The first-order valence-corrected chi connectivity index (χ1v) is 5.61. The SMILES string of the molecule is Cn1cc(C2CC(=O)c3ccc(F)cc3O2)cn1. The Morgan fingerprint density at radius 3 is 3.06 bits per heavy atom. The van der Waals surface area contributed by atoms with Gasteiger partial charge in [-0.2, -0.15) is 5.10 Å². The van der Waals surface area contributed by atoms with Crippen LogP contribution < -0.4 is 4.74 Å². The summed E-state index contributed by atoms with van der Waals surface area (Å²) in [5.41, 5.74) is 1.26. The van der Waals surface area contributed by atoms with Crippen molar-refractivity contribution in [3.8, 4) is 5.75 Å². The molecule has 5 heteroatoms. The van der Waals surface area contributed by atoms with Crippen LogP contribution in [0.15, 0.2) is 30.6 Å². The van der Waals surface area contributed by atoms with Crippen LogP contribution in [0.5, 0.6) is 5.75 Å². The fraction of sp³-hybridized carbons (Fsp3) is 0.231. The highest BCUT2D eigenvalue weighted by atomic mass is 19.1. The Morgan fingerprint density at radius 2 is 2.33 bits per heavy atom. The number of aryl methyl sites for hydroxylation is 1. The number of fused-ring (bicyclic) bond motifs is 1. The van der Waals surface area contributed by atoms with Crippen LogP contribution in [0.2, 0.25) is 0 Å². The van der Waals surface area contributed by atoms with Gasteiger partial charge in [0.05, 0.1) is 18.2 Å². The lowest BCUT2D eigenvalue weighted by molar-refractivity contribution is 0.0849. The van der Waals surface area contributed by atoms with Crippen LogP contribution in [0.3, 0.4) is 0 Å². The van der Waals surface area contributed by atoms with Crippen molar-refractivity contribution >= 4 is 5.78 Å². The maximum Gasteiger partial charge on any atom is 0.170 e. The molecule has 0 aliphatic carbocycles. The molecular weight excluding hydrogens is 235 g/mol. The highest BCUT2D eigenvalue weighted by Crippen LogP contribution is 2.34. The molecule has 1 aliphatic rings. The van der Waals surface area contributed by atoms with Gasteiger partial charge in [0.2, 0.25) is 0 Å². The van der Waals surface area contributed by atoms with E-state index < -0.39 is 5.82 Å². The van der Waals surface area contributed by atoms with Crippen molar-refractivity contribution < 1.29 is 13.9 Å². The summed E-state index contributed by atoms with van der Waals surface area (Å²) in [6.45, 7) is 0. The predicted molar refractivity (Wildman–Crippen MR) is 61.9 cm³/mol. The molecule has 1 aliphatic heterocycles. The molecule has 4 nitrogen and oxygen atoms in total. The van der Waals surface area contributed by atoms with Crippen molar-refractivity contribution in [3.63, 3.8) is 0 Å². The third-order valence-corrected chi connectivity index (χ3v) is 2.98. The lowest BCUT2D eigenvalue weighted by Gasteiger charge is -2.24. The van der Waals surface area contributed by atoms with Crippen LogP contribution in [-0.2, 0) is 7.05 Å². The summed E-state index contributed by atoms with van der Waals surface area (Å²) < 4.78 is 20.5. The summed E-state index contributed by atoms with van der Waals surface area (Å²) in [6, 6.07) is 3.98. The summed E-state index contributed by atoms with van der Waals surface area (Å²) >= 11 is 0. The van der Waals surface area contributed by atoms with E-state index in [0.717, 1.165) is 5.56 Å². The minimum atomic E-state index is -0.409. The summed E-state index contributed by atoms with van der Waals surface area (Å²) in [5, 5.41) is 4.04. The zero-order chi connectivity index (χ0) is 12.7. The molecule has 18 heavy (non-hydrogen) atoms. The molecule has 2 aromatic rings. The van der Waals surface area contributed by atoms with Crippen LogP contribution in [0, 0.1) is 5.82 Å². The van der Waals surface area contributed by atoms with Crippen molar-refractivity contribution in [1.82, 2.24) is 9.78 Å². The number of rotatable bonds is 1. The predicted octanol–water partition coefficient (Wildman–Crippen LogP) is 2.27. The molecule has 0 N–H and O–H groups in total. The second-order valence-corrected chi connectivity index (χ2v) is 4.32. The molecule has 0 bridgehead atoms. The van der Waals surface area contributed by atoms with E-state index in [1.807, 2.05) is 0 Å². The van der Waals surface area contributed by atoms with Crippen LogP contribution >= 0.6 is 0 Å². The average molecular weight is 246 g/mol. The van der Waals surface area contributed by atoms with Gasteiger partial charge in [-0.1, -0.05) is 0 Å². The van der Waals surface area contributed by atoms with E-state index in [9.17, 15) is 9.18 Å². The number of nitrogens with zero attached hydrogens (tertiary/aromatic N) is 2. The average Bonchev–Trinajstić information content (AvgIpc) is 2.75. The summed E-state index contributed by atoms with van der Waals surface area (Å²) in [5.74, 6) is -0.140. The Balaban J connectivity index is 1.98. The third kappa shape index (κ3) is 1.77. The molecule has 2 heterocycles. The number of Topliss-reactive ketones (excluding diaryl/α,β-unsaturated/α-hetero) is 1. The zero-order valence-corrected chi connectivity index (χ0v) is 9.76. The zero-order valence-electron chi connectivity index (χ0n) is 9.76. The number of halogens is 1. The van der Waals surface area contributed by atoms with E-state index in [2.05, 4.69) is 5.10 Å². The topological polar surface area (TPSA) is 44.1 Å². The van der Waals surface area contributed by atoms with E-state index in [1.165, 1.54) is 18.2 Å². The molecule has 0 saturated heterocycles. The lowest BCUT2D eigenvalue weighted by atomic mass is 9.98. The van der Waals surface area contributed by atoms with Crippen molar-refractivity contribution in [1.29, 1.82) is 0 Å². The third-order valence-electron chi connectivity index (χ3n) is 2.98. The molecule has 0 radical (unpaired) electrons. The first kappa shape index (κ1) is 11.0. The lowest BCUT2D eigenvalue weighted by Crippen LogP contribution is -2.20. The molecule has 3 rings (SSSR count). The Hall–Kier alpha value is -2.17. The molecule has 0 amide bonds. The minimum absolute atomic E-state index is 0.0369. The van der Waals surface area contributed by atoms with Gasteiger partial charge in [0.1, 0.15) is 17.7 Å². The Labute approximate surface area is 103 Å². The standard InChI is InChI=1S/C13H11FN2O2/c1-16-7-8(6-15-16)12-5-11(17)10-3-2-9(14)4-13(10)18-12/h2-4,6-7,12H,5H2,1H3. The number of hydrogen-bond donors (Lipinski definition) is 0. The highest BCUT2D eigenvalue weighted by molar-refractivity contribution is 5.99. The number of benzene rings is 1. The smallest absolute Gasteiger partial charge is 0.170 e. The second kappa shape index (κ2) is 3.94. The molecule has 1 aromatic carbocycles. The Bertz CT molecular complexity index is 621. The van der Waals surface area contributed by atoms with E-state index >= 15 is 0 Å². The number of aromatic nitrogens is 2. The maximum atomic E-state index is 13.1. The Kier molecular flexibility index (Phi) is 2.40. The molecule has 92 valence electrons. The number of ketones is 1. The molecule has 1 aromatic heterocycles. The van der Waals surface area contributed by atoms with Crippen LogP contribution in [-0.4, -0.2) is 15.6 Å². The van der Waals surface area contributed by atoms with E-state index in [0.29, 0.717) is 11.3 Å². The maximum absolute atomic E-state index is 13.1. The quantitative estimate of drug-likeness (QED) is 0.775. The van der Waals surface area contributed by atoms with Crippen molar-refractivity contribution in [2.75, 3.05) is 0 Å². The normalized spacial score (nSPS) is 18.3. The van der Waals surface area contributed by atoms with Gasteiger partial charge in [0, 0.05) is 24.9 Å². The molecule has 0 saturated carbocycles. The summed E-state index contributed by atoms with van der Waals surface area (Å²) in [7, 11) is 1.79. The molecule has 0 spiro atoms. The van der Waals surface area contributed by atoms with E-state index in [1.54, 1.807) is 24.1 Å². The monoisotopic (exact) mass is 246 g/mol. The van der Waals surface area contributed by atoms with Gasteiger partial charge in [-0.05, 0) is 12.1 Å². The van der Waals surface area contributed by atoms with Crippen LogP contribution in [0.25, 0.3) is 0 Å². The number of carbonyl (C=O) groups excluding carboxylic acids is 1. The van der Waals surface area contributed by atoms with Gasteiger partial charge in [0.15, 0.2) is 5.78 Å². The molecule has 1 unspecified atom stereocenters. The van der Waals surface area contributed by atoms with Gasteiger partial charge in [-0.15, -0.1) is 0 Å². The van der Waals surface area contributed by atoms with Crippen LogP contribution in [0.1, 0.15) is 28.4 Å². The number of hydrogen-bond acceptors (Lipinski definition) is 3. The second-order valence-electron chi connectivity index (χ2n) is 4.32. The van der Waals surface area contributed by atoms with E-state index in [4.69, 9.17) is 4.74 Å². The first-order valence-electron chi connectivity index (χ1n) is 5.61. The first-order chi connectivity index (χ1) is 8.63. The van der Waals surface area contributed by atoms with Gasteiger partial charge in [0.25, 0.3) is 0 Å². The molecule has 0 fully saturated rings. The van der Waals surface area contributed by atoms with Crippen LogP contribution in [0.4, 0.5) is 4.39 Å². The van der Waals surface area contributed by atoms with Gasteiger partial charge in [-0.3, -0.25) is 9.48 Å². The fourth-order valence-corrected chi connectivity index (χ4v) is 2.09. The summed E-state index contributed by atoms with van der Waals surface area (Å²) in [4.78, 5) is 12.0. The summed E-state index contributed by atoms with van der Waals surface area (Å²) in [6.07, 6.45) is 3.31. The molecule has 1 atom stereocenters. The number of ether oxygens (including phenoxy) is 1. The van der Waals surface area contributed by atoms with Gasteiger partial charge in [-0.25, -0.2) is 4.39 Å². The van der Waals surface area contributed by atoms with Gasteiger partial charge < -0.3 is 4.74 Å². The number of carbonyl (C=O) groups is 1. The van der Waals surface area contributed by atoms with Gasteiger partial charge >= 0.3 is 0 Å². The highest BCUT2D eigenvalue weighted by Gasteiger charge is 2.28. The van der Waals surface area contributed by atoms with Crippen molar-refractivity contribution in [2.24, 2.45) is 7.05 Å². The molecular formula is C13H11FN2O2. The van der Waals surface area contributed by atoms with Crippen molar-refractivity contribution in [2.45, 2.75) is 12.5 Å². The van der Waals surface area contributed by atoms with E-state index in [-0.39, 0.29) is 18.3 Å². The Morgan fingerprint density at radius 1 is 1.50 bits per heavy atom. The minimum Gasteiger partial charge on any atom is -0.484 e. The van der Waals surface area contributed by atoms with Crippen molar-refractivity contribution in [3.05, 3.63) is 47.5 Å².